The van der Waals surface area contributed by atoms with Gasteiger partial charge in [-0.05, 0) is 30.0 Å². The lowest BCUT2D eigenvalue weighted by atomic mass is 9.86. The first-order valence-corrected chi connectivity index (χ1v) is 7.47. The highest BCUT2D eigenvalue weighted by molar-refractivity contribution is 6.32. The van der Waals surface area contributed by atoms with Gasteiger partial charge in [0.05, 0.1) is 12.5 Å². The highest BCUT2D eigenvalue weighted by Gasteiger charge is 2.34. The van der Waals surface area contributed by atoms with Crippen LogP contribution in [0, 0.1) is 5.92 Å². The maximum absolute atomic E-state index is 11.4. The summed E-state index contributed by atoms with van der Waals surface area (Å²) in [5.41, 5.74) is 9.15. The van der Waals surface area contributed by atoms with Gasteiger partial charge < -0.3 is 15.8 Å². The van der Waals surface area contributed by atoms with Crippen LogP contribution >= 0.6 is 11.6 Å². The van der Waals surface area contributed by atoms with Crippen LogP contribution in [0.1, 0.15) is 36.9 Å². The van der Waals surface area contributed by atoms with Gasteiger partial charge in [0, 0.05) is 29.3 Å². The largest absolute Gasteiger partial charge is 0.378 e. The number of nitrogens with two attached hydrogens (primary N) is 1. The predicted molar refractivity (Wildman–Crippen MR) is 78.9 cm³/mol. The van der Waals surface area contributed by atoms with Crippen molar-refractivity contribution in [3.63, 3.8) is 0 Å². The summed E-state index contributed by atoms with van der Waals surface area (Å²) in [4.78, 5) is 11.4. The number of anilines is 1. The van der Waals surface area contributed by atoms with Crippen molar-refractivity contribution in [1.82, 2.24) is 0 Å². The molecule has 0 aromatic heterocycles. The first-order valence-electron chi connectivity index (χ1n) is 7.09. The number of rotatable bonds is 3. The molecule has 0 bridgehead atoms. The Morgan fingerprint density at radius 1 is 1.55 bits per heavy atom. The highest BCUT2D eigenvalue weighted by Crippen LogP contribution is 2.39. The minimum atomic E-state index is -0.143. The van der Waals surface area contributed by atoms with E-state index < -0.39 is 0 Å². The number of carbonyl (C=O) groups excluding carboxylic acids is 1. The van der Waals surface area contributed by atoms with Crippen molar-refractivity contribution < 1.29 is 9.53 Å². The fourth-order valence-corrected chi connectivity index (χ4v) is 3.54. The van der Waals surface area contributed by atoms with Crippen LogP contribution in [0.2, 0.25) is 5.02 Å². The summed E-state index contributed by atoms with van der Waals surface area (Å²) < 4.78 is 5.72. The van der Waals surface area contributed by atoms with Gasteiger partial charge in [0.1, 0.15) is 0 Å². The molecule has 0 spiro atoms. The molecule has 2 heterocycles. The Hall–Kier alpha value is -1.10. The third-order valence-electron chi connectivity index (χ3n) is 4.33. The molecule has 3 N–H and O–H groups in total. The van der Waals surface area contributed by atoms with Gasteiger partial charge in [0.25, 0.3) is 0 Å². The van der Waals surface area contributed by atoms with Crippen LogP contribution in [0.5, 0.6) is 0 Å². The Kier molecular flexibility index (Phi) is 3.71. The second-order valence-corrected chi connectivity index (χ2v) is 5.96. The summed E-state index contributed by atoms with van der Waals surface area (Å²) in [5, 5.41) is 3.43. The van der Waals surface area contributed by atoms with Gasteiger partial charge in [-0.2, -0.15) is 0 Å². The van der Waals surface area contributed by atoms with Crippen LogP contribution in [0.4, 0.5) is 5.69 Å². The van der Waals surface area contributed by atoms with Crippen LogP contribution in [-0.2, 0) is 16.0 Å². The molecule has 1 fully saturated rings. The van der Waals surface area contributed by atoms with Gasteiger partial charge in [-0.25, -0.2) is 0 Å². The van der Waals surface area contributed by atoms with E-state index in [9.17, 15) is 4.79 Å². The average Bonchev–Trinajstić information content (AvgIpc) is 3.01. The predicted octanol–water partition coefficient (Wildman–Crippen LogP) is 2.65. The molecule has 1 amide bonds. The minimum absolute atomic E-state index is 0.0115. The van der Waals surface area contributed by atoms with Crippen LogP contribution in [-0.4, -0.2) is 18.6 Å². The van der Waals surface area contributed by atoms with Crippen molar-refractivity contribution in [2.75, 3.05) is 11.9 Å². The van der Waals surface area contributed by atoms with Crippen LogP contribution in [0.15, 0.2) is 12.1 Å². The van der Waals surface area contributed by atoms with E-state index >= 15 is 0 Å². The van der Waals surface area contributed by atoms with E-state index in [0.717, 1.165) is 36.3 Å². The van der Waals surface area contributed by atoms with Crippen molar-refractivity contribution in [3.05, 3.63) is 28.3 Å². The third kappa shape index (κ3) is 2.32. The van der Waals surface area contributed by atoms with Gasteiger partial charge in [0.15, 0.2) is 0 Å². The Labute approximate surface area is 123 Å². The number of fused-ring (bicyclic) bond motifs is 1. The summed E-state index contributed by atoms with van der Waals surface area (Å²) in [6, 6.07) is 3.65. The molecule has 1 aromatic rings. The molecule has 20 heavy (non-hydrogen) atoms. The zero-order chi connectivity index (χ0) is 14.3. The Morgan fingerprint density at radius 3 is 3.10 bits per heavy atom. The van der Waals surface area contributed by atoms with Crippen molar-refractivity contribution in [1.29, 1.82) is 0 Å². The van der Waals surface area contributed by atoms with Crippen LogP contribution < -0.4 is 11.1 Å². The summed E-state index contributed by atoms with van der Waals surface area (Å²) in [6.07, 6.45) is 2.53. The molecule has 3 atom stereocenters. The summed E-state index contributed by atoms with van der Waals surface area (Å²) in [6.45, 7) is 2.88. The lowest BCUT2D eigenvalue weighted by Gasteiger charge is -2.25. The Morgan fingerprint density at radius 2 is 2.35 bits per heavy atom. The molecular weight excluding hydrogens is 276 g/mol. The van der Waals surface area contributed by atoms with Gasteiger partial charge in [-0.15, -0.1) is 0 Å². The van der Waals surface area contributed by atoms with Crippen molar-refractivity contribution >= 4 is 23.2 Å². The van der Waals surface area contributed by atoms with E-state index in [1.807, 2.05) is 12.1 Å². The number of ether oxygens (including phenoxy) is 1. The normalized spacial score (nSPS) is 26.4. The molecule has 2 aliphatic rings. The summed E-state index contributed by atoms with van der Waals surface area (Å²) >= 11 is 6.35. The van der Waals surface area contributed by atoms with Gasteiger partial charge >= 0.3 is 0 Å². The van der Waals surface area contributed by atoms with E-state index in [1.54, 1.807) is 0 Å². The number of amides is 1. The summed E-state index contributed by atoms with van der Waals surface area (Å²) in [7, 11) is 0. The van der Waals surface area contributed by atoms with Crippen molar-refractivity contribution in [2.45, 2.75) is 38.3 Å². The monoisotopic (exact) mass is 294 g/mol. The lowest BCUT2D eigenvalue weighted by Crippen LogP contribution is -2.28. The summed E-state index contributed by atoms with van der Waals surface area (Å²) in [5.74, 6) is 0.304. The van der Waals surface area contributed by atoms with E-state index in [0.29, 0.717) is 17.4 Å². The average molecular weight is 295 g/mol. The molecule has 0 saturated carbocycles. The molecule has 5 heteroatoms. The van der Waals surface area contributed by atoms with Crippen molar-refractivity contribution in [3.8, 4) is 0 Å². The highest BCUT2D eigenvalue weighted by atomic mass is 35.5. The van der Waals surface area contributed by atoms with E-state index in [4.69, 9.17) is 22.1 Å². The Balaban J connectivity index is 1.90. The van der Waals surface area contributed by atoms with Crippen molar-refractivity contribution in [2.24, 2.45) is 11.7 Å². The number of hydrogen-bond donors (Lipinski definition) is 2. The Bertz CT molecular complexity index is 547. The second kappa shape index (κ2) is 5.35. The SMILES string of the molecule is CCC1OCCC1C(N)c1cc2c(cc1Cl)NC(=O)C2. The first-order chi connectivity index (χ1) is 9.60. The number of benzene rings is 1. The van der Waals surface area contributed by atoms with Gasteiger partial charge in [-0.3, -0.25) is 4.79 Å². The molecule has 3 unspecified atom stereocenters. The van der Waals surface area contributed by atoms with Gasteiger partial charge in [-0.1, -0.05) is 24.6 Å². The van der Waals surface area contributed by atoms with E-state index in [-0.39, 0.29) is 18.1 Å². The molecule has 1 saturated heterocycles. The number of carbonyl (C=O) groups is 1. The smallest absolute Gasteiger partial charge is 0.228 e. The van der Waals surface area contributed by atoms with E-state index in [2.05, 4.69) is 12.2 Å². The molecule has 108 valence electrons. The van der Waals surface area contributed by atoms with Crippen LogP contribution in [0.25, 0.3) is 0 Å². The minimum Gasteiger partial charge on any atom is -0.378 e. The third-order valence-corrected chi connectivity index (χ3v) is 4.66. The van der Waals surface area contributed by atoms with Crippen LogP contribution in [0.3, 0.4) is 0 Å². The molecule has 3 rings (SSSR count). The standard InChI is InChI=1S/C15H19ClN2O2/c1-2-13-9(3-4-20-13)15(17)10-5-8-6-14(19)18-12(8)7-11(10)16/h5,7,9,13,15H,2-4,6,17H2,1H3,(H,18,19). The quantitative estimate of drug-likeness (QED) is 0.901. The molecular formula is C15H19ClN2O2. The first kappa shape index (κ1) is 13.9. The molecule has 0 aliphatic carbocycles. The maximum Gasteiger partial charge on any atom is 0.228 e. The zero-order valence-electron chi connectivity index (χ0n) is 11.5. The number of nitrogens with one attached hydrogen (secondary N) is 1. The van der Waals surface area contributed by atoms with Gasteiger partial charge in [0.2, 0.25) is 5.91 Å². The zero-order valence-corrected chi connectivity index (χ0v) is 12.2. The number of halogens is 1. The topological polar surface area (TPSA) is 64.3 Å². The molecule has 2 aliphatic heterocycles. The second-order valence-electron chi connectivity index (χ2n) is 5.55. The molecule has 0 radical (unpaired) electrons. The maximum atomic E-state index is 11.4. The molecule has 1 aromatic carbocycles. The lowest BCUT2D eigenvalue weighted by molar-refractivity contribution is -0.115. The molecule has 4 nitrogen and oxygen atoms in total. The fraction of sp³-hybridized carbons (Fsp3) is 0.533. The number of hydrogen-bond acceptors (Lipinski definition) is 3. The van der Waals surface area contributed by atoms with E-state index in [1.165, 1.54) is 0 Å². The fourth-order valence-electron chi connectivity index (χ4n) is 3.25.